The zero-order chi connectivity index (χ0) is 21.8. The zero-order valence-electron chi connectivity index (χ0n) is 17.5. The lowest BCUT2D eigenvalue weighted by Crippen LogP contribution is -2.48. The Kier molecular flexibility index (Phi) is 6.06. The van der Waals surface area contributed by atoms with Gasteiger partial charge in [0.2, 0.25) is 5.91 Å². The van der Waals surface area contributed by atoms with Crippen molar-refractivity contribution in [2.75, 3.05) is 22.5 Å². The maximum absolute atomic E-state index is 12.9. The van der Waals surface area contributed by atoms with E-state index in [9.17, 15) is 14.4 Å². The Labute approximate surface area is 181 Å². The molecule has 0 unspecified atom stereocenters. The van der Waals surface area contributed by atoms with E-state index >= 15 is 0 Å². The van der Waals surface area contributed by atoms with Crippen LogP contribution in [0.25, 0.3) is 0 Å². The van der Waals surface area contributed by atoms with Crippen LogP contribution in [0.15, 0.2) is 48.5 Å². The Morgan fingerprint density at radius 1 is 0.903 bits per heavy atom. The molecule has 1 saturated heterocycles. The van der Waals surface area contributed by atoms with Crippen molar-refractivity contribution in [3.05, 3.63) is 54.1 Å². The highest BCUT2D eigenvalue weighted by Crippen LogP contribution is 2.25. The number of nitrogens with one attached hydrogen (secondary N) is 4. The summed E-state index contributed by atoms with van der Waals surface area (Å²) in [5, 5.41) is 11.4. The second-order valence-electron chi connectivity index (χ2n) is 8.04. The van der Waals surface area contributed by atoms with Crippen molar-refractivity contribution in [3.8, 4) is 0 Å². The topological polar surface area (TPSA) is 103 Å². The molecule has 2 aromatic rings. The summed E-state index contributed by atoms with van der Waals surface area (Å²) in [4.78, 5) is 39.2. The first kappa shape index (κ1) is 20.7. The smallest absolute Gasteiger partial charge is 0.323 e. The van der Waals surface area contributed by atoms with Crippen LogP contribution in [0, 0.1) is 6.92 Å². The molecule has 0 radical (unpaired) electrons. The van der Waals surface area contributed by atoms with Gasteiger partial charge in [0.05, 0.1) is 0 Å². The number of hydrogen-bond donors (Lipinski definition) is 4. The van der Waals surface area contributed by atoms with Crippen molar-refractivity contribution in [2.24, 2.45) is 0 Å². The Balaban J connectivity index is 1.39. The molecule has 2 aromatic carbocycles. The van der Waals surface area contributed by atoms with Gasteiger partial charge in [-0.25, -0.2) is 9.59 Å². The molecule has 0 spiro atoms. The molecule has 1 aliphatic carbocycles. The Hall–Kier alpha value is -3.55. The van der Waals surface area contributed by atoms with E-state index in [-0.39, 0.29) is 24.0 Å². The van der Waals surface area contributed by atoms with Crippen molar-refractivity contribution in [2.45, 2.75) is 44.7 Å². The predicted molar refractivity (Wildman–Crippen MR) is 120 cm³/mol. The Morgan fingerprint density at radius 3 is 2.39 bits per heavy atom. The second-order valence-corrected chi connectivity index (χ2v) is 8.04. The molecular weight excluding hydrogens is 394 g/mol. The van der Waals surface area contributed by atoms with Gasteiger partial charge in [0.15, 0.2) is 0 Å². The van der Waals surface area contributed by atoms with Crippen molar-refractivity contribution < 1.29 is 14.4 Å². The first-order valence-electron chi connectivity index (χ1n) is 10.6. The molecule has 1 heterocycles. The number of carbonyl (C=O) groups is 3. The van der Waals surface area contributed by atoms with Gasteiger partial charge < -0.3 is 26.2 Å². The van der Waals surface area contributed by atoms with E-state index in [0.717, 1.165) is 24.8 Å². The molecule has 2 aliphatic rings. The normalized spacial score (nSPS) is 17.7. The molecule has 1 aliphatic heterocycles. The van der Waals surface area contributed by atoms with E-state index < -0.39 is 6.04 Å². The summed E-state index contributed by atoms with van der Waals surface area (Å²) in [6, 6.07) is 13.6. The summed E-state index contributed by atoms with van der Waals surface area (Å²) in [5.74, 6) is -0.0696. The minimum absolute atomic E-state index is 0.0696. The van der Waals surface area contributed by atoms with Gasteiger partial charge in [-0.3, -0.25) is 4.79 Å². The van der Waals surface area contributed by atoms with Gasteiger partial charge in [0, 0.05) is 29.6 Å². The number of urea groups is 2. The van der Waals surface area contributed by atoms with Crippen molar-refractivity contribution >= 4 is 35.0 Å². The molecule has 4 rings (SSSR count). The molecule has 1 saturated carbocycles. The molecule has 5 amide bonds. The van der Waals surface area contributed by atoms with E-state index in [2.05, 4.69) is 21.3 Å². The van der Waals surface area contributed by atoms with E-state index in [1.165, 1.54) is 0 Å². The monoisotopic (exact) mass is 421 g/mol. The number of benzene rings is 2. The highest BCUT2D eigenvalue weighted by atomic mass is 16.2. The molecule has 162 valence electrons. The van der Waals surface area contributed by atoms with Gasteiger partial charge in [0.1, 0.15) is 6.04 Å². The summed E-state index contributed by atoms with van der Waals surface area (Å²) >= 11 is 0. The maximum Gasteiger partial charge on any atom is 0.323 e. The standard InChI is InChI=1S/C23H27N5O3/c1-15-9-10-18(26-22(30)25-16-6-3-2-4-7-16)14-19(15)27-23(31)28-13-5-8-20(28)21(29)24-17-11-12-17/h2-4,6-7,9-10,14,17,20H,5,8,11-13H2,1H3,(H,24,29)(H,27,31)(H2,25,26,30)/t20-/m1/s1. The first-order valence-corrected chi connectivity index (χ1v) is 10.6. The van der Waals surface area contributed by atoms with Crippen LogP contribution in [-0.2, 0) is 4.79 Å². The fourth-order valence-corrected chi connectivity index (χ4v) is 3.64. The molecule has 0 bridgehead atoms. The van der Waals surface area contributed by atoms with Gasteiger partial charge in [-0.2, -0.15) is 0 Å². The van der Waals surface area contributed by atoms with Crippen LogP contribution in [0.2, 0.25) is 0 Å². The molecular formula is C23H27N5O3. The molecule has 1 atom stereocenters. The largest absolute Gasteiger partial charge is 0.352 e. The lowest BCUT2D eigenvalue weighted by molar-refractivity contribution is -0.124. The summed E-state index contributed by atoms with van der Waals surface area (Å²) < 4.78 is 0. The van der Waals surface area contributed by atoms with Crippen molar-refractivity contribution in [1.82, 2.24) is 10.2 Å². The number of anilines is 3. The fraction of sp³-hybridized carbons (Fsp3) is 0.348. The average Bonchev–Trinajstić information content (AvgIpc) is 3.42. The van der Waals surface area contributed by atoms with E-state index in [1.807, 2.05) is 31.2 Å². The summed E-state index contributed by atoms with van der Waals surface area (Å²) in [5.41, 5.74) is 2.69. The number of rotatable bonds is 5. The van der Waals surface area contributed by atoms with Crippen LogP contribution in [0.1, 0.15) is 31.2 Å². The summed E-state index contributed by atoms with van der Waals surface area (Å²) in [7, 11) is 0. The number of amides is 5. The van der Waals surface area contributed by atoms with E-state index in [1.54, 1.807) is 29.2 Å². The van der Waals surface area contributed by atoms with Crippen LogP contribution in [-0.4, -0.2) is 41.5 Å². The van der Waals surface area contributed by atoms with E-state index in [0.29, 0.717) is 30.0 Å². The third-order valence-electron chi connectivity index (χ3n) is 5.51. The highest BCUT2D eigenvalue weighted by molar-refractivity contribution is 6.01. The van der Waals surface area contributed by atoms with Gasteiger partial charge in [-0.1, -0.05) is 24.3 Å². The zero-order valence-corrected chi connectivity index (χ0v) is 17.5. The molecule has 0 aromatic heterocycles. The van der Waals surface area contributed by atoms with Crippen LogP contribution < -0.4 is 21.3 Å². The van der Waals surface area contributed by atoms with Crippen LogP contribution in [0.5, 0.6) is 0 Å². The van der Waals surface area contributed by atoms with Gasteiger partial charge in [-0.05, 0) is 62.4 Å². The molecule has 8 nitrogen and oxygen atoms in total. The number of aryl methyl sites for hydroxylation is 1. The summed E-state index contributed by atoms with van der Waals surface area (Å²) in [6.07, 6.45) is 3.51. The number of nitrogens with zero attached hydrogens (tertiary/aromatic N) is 1. The molecule has 4 N–H and O–H groups in total. The Bertz CT molecular complexity index is 974. The minimum Gasteiger partial charge on any atom is -0.352 e. The van der Waals surface area contributed by atoms with Gasteiger partial charge >= 0.3 is 12.1 Å². The molecule has 31 heavy (non-hydrogen) atoms. The molecule has 8 heteroatoms. The van der Waals surface area contributed by atoms with E-state index in [4.69, 9.17) is 0 Å². The first-order chi connectivity index (χ1) is 15.0. The number of hydrogen-bond acceptors (Lipinski definition) is 3. The van der Waals surface area contributed by atoms with Crippen molar-refractivity contribution in [3.63, 3.8) is 0 Å². The minimum atomic E-state index is -0.432. The number of likely N-dealkylation sites (tertiary alicyclic amines) is 1. The second kappa shape index (κ2) is 9.07. The average molecular weight is 422 g/mol. The third kappa shape index (κ3) is 5.33. The van der Waals surface area contributed by atoms with Gasteiger partial charge in [0.25, 0.3) is 0 Å². The van der Waals surface area contributed by atoms with Crippen LogP contribution >= 0.6 is 0 Å². The molecule has 2 fully saturated rings. The summed E-state index contributed by atoms with van der Waals surface area (Å²) in [6.45, 7) is 2.43. The predicted octanol–water partition coefficient (Wildman–Crippen LogP) is 3.91. The number of para-hydroxylation sites is 1. The SMILES string of the molecule is Cc1ccc(NC(=O)Nc2ccccc2)cc1NC(=O)N1CCC[C@@H]1C(=O)NC1CC1. The van der Waals surface area contributed by atoms with Gasteiger partial charge in [-0.15, -0.1) is 0 Å². The maximum atomic E-state index is 12.9. The lowest BCUT2D eigenvalue weighted by Gasteiger charge is -2.25. The fourth-order valence-electron chi connectivity index (χ4n) is 3.64. The number of carbonyl (C=O) groups excluding carboxylic acids is 3. The van der Waals surface area contributed by atoms with Crippen LogP contribution in [0.3, 0.4) is 0 Å². The third-order valence-corrected chi connectivity index (χ3v) is 5.51. The van der Waals surface area contributed by atoms with Crippen LogP contribution in [0.4, 0.5) is 26.7 Å². The lowest BCUT2D eigenvalue weighted by atomic mass is 10.1. The Morgan fingerprint density at radius 2 is 1.65 bits per heavy atom. The van der Waals surface area contributed by atoms with Crippen molar-refractivity contribution in [1.29, 1.82) is 0 Å². The quantitative estimate of drug-likeness (QED) is 0.588. The highest BCUT2D eigenvalue weighted by Gasteiger charge is 2.36.